The third-order valence-corrected chi connectivity index (χ3v) is 5.82. The van der Waals surface area contributed by atoms with Gasteiger partial charge in [-0.25, -0.2) is 8.78 Å². The molecule has 0 spiro atoms. The van der Waals surface area contributed by atoms with Crippen molar-refractivity contribution < 1.29 is 13.5 Å². The molecule has 0 saturated carbocycles. The molecule has 0 aliphatic rings. The van der Waals surface area contributed by atoms with Crippen molar-refractivity contribution in [3.63, 3.8) is 0 Å². The van der Waals surface area contributed by atoms with Crippen molar-refractivity contribution in [3.05, 3.63) is 58.7 Å². The van der Waals surface area contributed by atoms with Crippen LogP contribution in [0.15, 0.2) is 30.3 Å². The number of unbranched alkanes of at least 4 members (excludes halogenated alkanes) is 1. The minimum atomic E-state index is -0.544. The maximum Gasteiger partial charge on any atom is 0.208 e. The first-order valence-corrected chi connectivity index (χ1v) is 10.4. The summed E-state index contributed by atoms with van der Waals surface area (Å²) in [5.74, 6) is -0.228. The standard InChI is InChI=1S/C22H25F2N3OS/c1-5-6-10-27(13-17-18(23)8-7-9-19(17)24)22-26-25-21(29-22)16-11-14(2)20(28-4)15(3)12-16/h7-9,11-12H,5-6,10,13H2,1-4H3. The molecule has 3 rings (SSSR count). The van der Waals surface area contributed by atoms with Crippen LogP contribution in [-0.2, 0) is 6.54 Å². The van der Waals surface area contributed by atoms with E-state index < -0.39 is 11.6 Å². The second-order valence-electron chi connectivity index (χ2n) is 7.01. The molecule has 7 heteroatoms. The molecule has 154 valence electrons. The number of aryl methyl sites for hydroxylation is 2. The fraction of sp³-hybridized carbons (Fsp3) is 0.364. The van der Waals surface area contributed by atoms with E-state index in [-0.39, 0.29) is 12.1 Å². The largest absolute Gasteiger partial charge is 0.496 e. The first kappa shape index (κ1) is 21.2. The summed E-state index contributed by atoms with van der Waals surface area (Å²) in [4.78, 5) is 1.90. The van der Waals surface area contributed by atoms with Crippen molar-refractivity contribution in [1.29, 1.82) is 0 Å². The van der Waals surface area contributed by atoms with Gasteiger partial charge in [-0.3, -0.25) is 0 Å². The molecule has 0 radical (unpaired) electrons. The molecule has 3 aromatic rings. The number of methoxy groups -OCH3 is 1. The highest BCUT2D eigenvalue weighted by Crippen LogP contribution is 2.34. The fourth-order valence-electron chi connectivity index (χ4n) is 3.32. The zero-order chi connectivity index (χ0) is 21.0. The molecule has 0 fully saturated rings. The Morgan fingerprint density at radius 3 is 2.31 bits per heavy atom. The molecule has 1 aromatic heterocycles. The quantitative estimate of drug-likeness (QED) is 0.456. The van der Waals surface area contributed by atoms with E-state index in [1.807, 2.05) is 30.9 Å². The Labute approximate surface area is 174 Å². The van der Waals surface area contributed by atoms with E-state index in [1.165, 1.54) is 29.5 Å². The van der Waals surface area contributed by atoms with Gasteiger partial charge in [-0.15, -0.1) is 10.2 Å². The number of ether oxygens (including phenoxy) is 1. The Morgan fingerprint density at radius 2 is 1.72 bits per heavy atom. The minimum absolute atomic E-state index is 0.0523. The number of anilines is 1. The van der Waals surface area contributed by atoms with E-state index in [1.54, 1.807) is 7.11 Å². The lowest BCUT2D eigenvalue weighted by atomic mass is 10.1. The lowest BCUT2D eigenvalue weighted by Crippen LogP contribution is -2.25. The number of hydrogen-bond donors (Lipinski definition) is 0. The van der Waals surface area contributed by atoms with E-state index >= 15 is 0 Å². The molecule has 0 N–H and O–H groups in total. The second-order valence-corrected chi connectivity index (χ2v) is 7.96. The Morgan fingerprint density at radius 1 is 1.07 bits per heavy atom. The van der Waals surface area contributed by atoms with E-state index in [0.29, 0.717) is 11.7 Å². The van der Waals surface area contributed by atoms with Crippen LogP contribution in [0.3, 0.4) is 0 Å². The number of aromatic nitrogens is 2. The van der Waals surface area contributed by atoms with E-state index in [0.717, 1.165) is 40.3 Å². The van der Waals surface area contributed by atoms with Crippen LogP contribution in [0.5, 0.6) is 5.75 Å². The summed E-state index contributed by atoms with van der Waals surface area (Å²) in [6.45, 7) is 6.83. The highest BCUT2D eigenvalue weighted by Gasteiger charge is 2.19. The molecule has 4 nitrogen and oxygen atoms in total. The summed E-state index contributed by atoms with van der Waals surface area (Å²) in [5, 5.41) is 10.1. The Bertz CT molecular complexity index is 947. The molecule has 2 aromatic carbocycles. The summed E-state index contributed by atoms with van der Waals surface area (Å²) < 4.78 is 33.8. The molecule has 0 aliphatic carbocycles. The Balaban J connectivity index is 1.92. The lowest BCUT2D eigenvalue weighted by molar-refractivity contribution is 0.408. The van der Waals surface area contributed by atoms with E-state index in [2.05, 4.69) is 17.1 Å². The number of hydrogen-bond acceptors (Lipinski definition) is 5. The number of nitrogens with zero attached hydrogens (tertiary/aromatic N) is 3. The van der Waals surface area contributed by atoms with Crippen LogP contribution in [0.4, 0.5) is 13.9 Å². The van der Waals surface area contributed by atoms with Gasteiger partial charge in [0.05, 0.1) is 13.7 Å². The van der Waals surface area contributed by atoms with Crippen LogP contribution in [0, 0.1) is 25.5 Å². The van der Waals surface area contributed by atoms with Crippen LogP contribution < -0.4 is 9.64 Å². The summed E-state index contributed by atoms with van der Waals surface area (Å²) in [6.07, 6.45) is 1.87. The predicted molar refractivity (Wildman–Crippen MR) is 114 cm³/mol. The van der Waals surface area contributed by atoms with Gasteiger partial charge in [0.2, 0.25) is 5.13 Å². The SMILES string of the molecule is CCCCN(Cc1c(F)cccc1F)c1nnc(-c2cc(C)c(OC)c(C)c2)s1. The highest BCUT2D eigenvalue weighted by atomic mass is 32.1. The lowest BCUT2D eigenvalue weighted by Gasteiger charge is -2.21. The molecule has 1 heterocycles. The first-order chi connectivity index (χ1) is 13.9. The highest BCUT2D eigenvalue weighted by molar-refractivity contribution is 7.18. The number of rotatable bonds is 8. The molecular formula is C22H25F2N3OS. The van der Waals surface area contributed by atoms with Gasteiger partial charge < -0.3 is 9.64 Å². The molecular weight excluding hydrogens is 392 g/mol. The van der Waals surface area contributed by atoms with Gasteiger partial charge in [-0.2, -0.15) is 0 Å². The number of halogens is 2. The van der Waals surface area contributed by atoms with Crippen LogP contribution >= 0.6 is 11.3 Å². The third-order valence-electron chi connectivity index (χ3n) is 4.79. The first-order valence-electron chi connectivity index (χ1n) is 9.61. The Kier molecular flexibility index (Phi) is 6.79. The summed E-state index contributed by atoms with van der Waals surface area (Å²) in [6, 6.07) is 7.98. The van der Waals surface area contributed by atoms with Gasteiger partial charge in [0.25, 0.3) is 0 Å². The summed E-state index contributed by atoms with van der Waals surface area (Å²) in [7, 11) is 1.66. The number of benzene rings is 2. The van der Waals surface area contributed by atoms with Crippen LogP contribution in [-0.4, -0.2) is 23.9 Å². The zero-order valence-corrected chi connectivity index (χ0v) is 17.9. The van der Waals surface area contributed by atoms with Gasteiger partial charge >= 0.3 is 0 Å². The molecule has 0 saturated heterocycles. The fourth-order valence-corrected chi connectivity index (χ4v) is 4.18. The van der Waals surface area contributed by atoms with Gasteiger partial charge in [0.1, 0.15) is 22.4 Å². The second kappa shape index (κ2) is 9.31. The van der Waals surface area contributed by atoms with Crippen molar-refractivity contribution in [2.45, 2.75) is 40.2 Å². The minimum Gasteiger partial charge on any atom is -0.496 e. The Hall–Kier alpha value is -2.54. The van der Waals surface area contributed by atoms with Gasteiger partial charge in [0, 0.05) is 17.7 Å². The topological polar surface area (TPSA) is 38.2 Å². The van der Waals surface area contributed by atoms with Crippen LogP contribution in [0.2, 0.25) is 0 Å². The molecule has 0 atom stereocenters. The van der Waals surface area contributed by atoms with Gasteiger partial charge in [-0.05, 0) is 55.7 Å². The molecule has 0 bridgehead atoms. The molecule has 0 aliphatic heterocycles. The van der Waals surface area contributed by atoms with E-state index in [9.17, 15) is 8.78 Å². The van der Waals surface area contributed by atoms with Crippen molar-refractivity contribution in [2.24, 2.45) is 0 Å². The monoisotopic (exact) mass is 417 g/mol. The summed E-state index contributed by atoms with van der Waals surface area (Å²) >= 11 is 1.42. The predicted octanol–water partition coefficient (Wildman–Crippen LogP) is 5.92. The van der Waals surface area contributed by atoms with Crippen molar-refractivity contribution in [2.75, 3.05) is 18.6 Å². The normalized spacial score (nSPS) is 11.0. The molecule has 0 amide bonds. The van der Waals surface area contributed by atoms with Crippen LogP contribution in [0.1, 0.15) is 36.5 Å². The average Bonchev–Trinajstić information content (AvgIpc) is 3.17. The summed E-state index contributed by atoms with van der Waals surface area (Å²) in [5.41, 5.74) is 3.06. The van der Waals surface area contributed by atoms with Gasteiger partial charge in [0.15, 0.2) is 0 Å². The van der Waals surface area contributed by atoms with Crippen molar-refractivity contribution >= 4 is 16.5 Å². The van der Waals surface area contributed by atoms with Crippen molar-refractivity contribution in [3.8, 4) is 16.3 Å². The molecule has 0 unspecified atom stereocenters. The zero-order valence-electron chi connectivity index (χ0n) is 17.1. The van der Waals surface area contributed by atoms with Crippen LogP contribution in [0.25, 0.3) is 10.6 Å². The maximum absolute atomic E-state index is 14.2. The van der Waals surface area contributed by atoms with Crippen molar-refractivity contribution in [1.82, 2.24) is 10.2 Å². The van der Waals surface area contributed by atoms with E-state index in [4.69, 9.17) is 4.74 Å². The van der Waals surface area contributed by atoms with Gasteiger partial charge in [-0.1, -0.05) is 30.7 Å². The third kappa shape index (κ3) is 4.72. The smallest absolute Gasteiger partial charge is 0.208 e. The average molecular weight is 418 g/mol. The maximum atomic E-state index is 14.2. The molecule has 29 heavy (non-hydrogen) atoms.